The van der Waals surface area contributed by atoms with Crippen molar-refractivity contribution < 1.29 is 4.39 Å². The number of nitrogens with one attached hydrogen (secondary N) is 1. The fourth-order valence-electron chi connectivity index (χ4n) is 3.38. The van der Waals surface area contributed by atoms with Crippen molar-refractivity contribution in [2.75, 3.05) is 7.05 Å². The molecule has 148 valence electrons. The molecule has 5 nitrogen and oxygen atoms in total. The van der Waals surface area contributed by atoms with Crippen LogP contribution in [0.5, 0.6) is 0 Å². The number of aromatic amines is 1. The zero-order valence-electron chi connectivity index (χ0n) is 16.9. The van der Waals surface area contributed by atoms with Crippen LogP contribution >= 0.6 is 0 Å². The summed E-state index contributed by atoms with van der Waals surface area (Å²) < 4.78 is 15.3. The van der Waals surface area contributed by atoms with Crippen molar-refractivity contribution in [3.63, 3.8) is 0 Å². The molecule has 0 fully saturated rings. The van der Waals surface area contributed by atoms with Gasteiger partial charge in [0.05, 0.1) is 17.1 Å². The van der Waals surface area contributed by atoms with E-state index < -0.39 is 0 Å². The molecule has 0 radical (unpaired) electrons. The van der Waals surface area contributed by atoms with Crippen LogP contribution in [-0.4, -0.2) is 31.9 Å². The van der Waals surface area contributed by atoms with E-state index in [1.54, 1.807) is 12.1 Å². The number of rotatable bonds is 6. The smallest absolute Gasteiger partial charge is 0.123 e. The maximum atomic E-state index is 13.4. The lowest BCUT2D eigenvalue weighted by Crippen LogP contribution is -2.17. The van der Waals surface area contributed by atoms with Crippen LogP contribution in [0.1, 0.15) is 22.5 Å². The van der Waals surface area contributed by atoms with E-state index in [2.05, 4.69) is 59.5 Å². The van der Waals surface area contributed by atoms with Crippen LogP contribution in [0.2, 0.25) is 0 Å². The molecule has 4 aromatic rings. The first-order valence-electron chi connectivity index (χ1n) is 9.59. The summed E-state index contributed by atoms with van der Waals surface area (Å²) in [4.78, 5) is 2.19. The second-order valence-electron chi connectivity index (χ2n) is 7.50. The summed E-state index contributed by atoms with van der Waals surface area (Å²) in [6.45, 7) is 5.48. The molecule has 2 aromatic carbocycles. The molecule has 0 aliphatic heterocycles. The molecule has 0 spiro atoms. The average molecular weight is 389 g/mol. The zero-order valence-corrected chi connectivity index (χ0v) is 16.9. The highest BCUT2D eigenvalue weighted by Crippen LogP contribution is 2.25. The van der Waals surface area contributed by atoms with E-state index in [4.69, 9.17) is 5.10 Å². The second kappa shape index (κ2) is 8.01. The first-order valence-corrected chi connectivity index (χ1v) is 9.59. The number of halogens is 1. The number of hydrogen-bond donors (Lipinski definition) is 1. The Hall–Kier alpha value is -3.25. The number of hydrogen-bond acceptors (Lipinski definition) is 3. The fourth-order valence-corrected chi connectivity index (χ4v) is 3.38. The molecular formula is C23H24FN5. The minimum atomic E-state index is -0.251. The van der Waals surface area contributed by atoms with E-state index in [9.17, 15) is 4.39 Å². The van der Waals surface area contributed by atoms with E-state index >= 15 is 0 Å². The third-order valence-electron chi connectivity index (χ3n) is 4.84. The van der Waals surface area contributed by atoms with Crippen molar-refractivity contribution >= 4 is 0 Å². The minimum absolute atomic E-state index is 0.251. The van der Waals surface area contributed by atoms with Gasteiger partial charge >= 0.3 is 0 Å². The number of benzene rings is 2. The van der Waals surface area contributed by atoms with Gasteiger partial charge in [-0.2, -0.15) is 10.2 Å². The molecule has 0 unspecified atom stereocenters. The zero-order chi connectivity index (χ0) is 20.4. The van der Waals surface area contributed by atoms with Gasteiger partial charge in [-0.3, -0.25) is 10.00 Å². The van der Waals surface area contributed by atoms with Gasteiger partial charge in [-0.1, -0.05) is 17.7 Å². The summed E-state index contributed by atoms with van der Waals surface area (Å²) >= 11 is 0. The molecule has 0 aliphatic carbocycles. The highest BCUT2D eigenvalue weighted by Gasteiger charge is 2.15. The molecule has 29 heavy (non-hydrogen) atoms. The van der Waals surface area contributed by atoms with E-state index in [-0.39, 0.29) is 5.82 Å². The van der Waals surface area contributed by atoms with Gasteiger partial charge in [0.1, 0.15) is 5.82 Å². The maximum absolute atomic E-state index is 13.4. The van der Waals surface area contributed by atoms with Crippen LogP contribution in [0.25, 0.3) is 16.9 Å². The Bertz CT molecular complexity index is 1090. The number of aryl methyl sites for hydroxylation is 2. The van der Waals surface area contributed by atoms with E-state index in [1.165, 1.54) is 17.7 Å². The Morgan fingerprint density at radius 3 is 2.38 bits per heavy atom. The van der Waals surface area contributed by atoms with Crippen LogP contribution in [0.4, 0.5) is 4.39 Å². The molecule has 0 atom stereocenters. The molecular weight excluding hydrogens is 365 g/mol. The van der Waals surface area contributed by atoms with Crippen LogP contribution in [0, 0.1) is 19.7 Å². The third-order valence-corrected chi connectivity index (χ3v) is 4.84. The van der Waals surface area contributed by atoms with Crippen molar-refractivity contribution in [2.45, 2.75) is 26.9 Å². The standard InChI is InChI=1S/C23H24FN5/c1-16-4-10-22(11-5-16)29-14-19(13-28(3)15-21-12-17(2)25-26-21)23(27-29)18-6-8-20(24)9-7-18/h4-12,14H,13,15H2,1-3H3,(H,25,26). The van der Waals surface area contributed by atoms with Gasteiger partial charge in [0, 0.05) is 36.1 Å². The summed E-state index contributed by atoms with van der Waals surface area (Å²) in [6, 6.07) is 16.8. The Balaban J connectivity index is 1.66. The number of H-pyrrole nitrogens is 1. The second-order valence-corrected chi connectivity index (χ2v) is 7.50. The maximum Gasteiger partial charge on any atom is 0.123 e. The van der Waals surface area contributed by atoms with Crippen molar-refractivity contribution in [3.05, 3.63) is 89.1 Å². The van der Waals surface area contributed by atoms with Gasteiger partial charge in [0.15, 0.2) is 0 Å². The average Bonchev–Trinajstić information content (AvgIpc) is 3.29. The Labute approximate surface area is 169 Å². The normalized spacial score (nSPS) is 11.3. The van der Waals surface area contributed by atoms with Crippen LogP contribution < -0.4 is 0 Å². The van der Waals surface area contributed by atoms with E-state index in [0.29, 0.717) is 6.54 Å². The van der Waals surface area contributed by atoms with E-state index in [0.717, 1.165) is 40.4 Å². The van der Waals surface area contributed by atoms with Gasteiger partial charge in [-0.25, -0.2) is 9.07 Å². The predicted molar refractivity (Wildman–Crippen MR) is 112 cm³/mol. The van der Waals surface area contributed by atoms with Gasteiger partial charge < -0.3 is 0 Å². The Morgan fingerprint density at radius 1 is 1.00 bits per heavy atom. The highest BCUT2D eigenvalue weighted by molar-refractivity contribution is 5.63. The third kappa shape index (κ3) is 4.43. The number of aromatic nitrogens is 4. The summed E-state index contributed by atoms with van der Waals surface area (Å²) in [5.74, 6) is -0.251. The largest absolute Gasteiger partial charge is 0.296 e. The van der Waals surface area contributed by atoms with Gasteiger partial charge in [0.2, 0.25) is 0 Å². The topological polar surface area (TPSA) is 49.7 Å². The predicted octanol–water partition coefficient (Wildman–Crippen LogP) is 4.65. The highest BCUT2D eigenvalue weighted by atomic mass is 19.1. The van der Waals surface area contributed by atoms with Gasteiger partial charge in [-0.15, -0.1) is 0 Å². The van der Waals surface area contributed by atoms with Gasteiger partial charge in [0.25, 0.3) is 0 Å². The first kappa shape index (κ1) is 19.1. The van der Waals surface area contributed by atoms with Crippen molar-refractivity contribution in [1.29, 1.82) is 0 Å². The molecule has 0 amide bonds. The molecule has 1 N–H and O–H groups in total. The molecule has 2 heterocycles. The molecule has 0 saturated heterocycles. The summed E-state index contributed by atoms with van der Waals surface area (Å²) in [5.41, 5.74) is 7.08. The molecule has 0 bridgehead atoms. The fraction of sp³-hybridized carbons (Fsp3) is 0.217. The molecule has 4 rings (SSSR count). The first-order chi connectivity index (χ1) is 14.0. The van der Waals surface area contributed by atoms with Crippen LogP contribution in [-0.2, 0) is 13.1 Å². The lowest BCUT2D eigenvalue weighted by atomic mass is 10.1. The van der Waals surface area contributed by atoms with Crippen LogP contribution in [0.15, 0.2) is 60.8 Å². The summed E-state index contributed by atoms with van der Waals surface area (Å²) in [7, 11) is 2.06. The monoisotopic (exact) mass is 389 g/mol. The lowest BCUT2D eigenvalue weighted by molar-refractivity contribution is 0.315. The summed E-state index contributed by atoms with van der Waals surface area (Å²) in [6.07, 6.45) is 2.05. The Morgan fingerprint density at radius 2 is 1.72 bits per heavy atom. The van der Waals surface area contributed by atoms with Crippen molar-refractivity contribution in [2.24, 2.45) is 0 Å². The molecule has 0 saturated carbocycles. The van der Waals surface area contributed by atoms with Crippen LogP contribution in [0.3, 0.4) is 0 Å². The SMILES string of the molecule is Cc1ccc(-n2cc(CN(C)Cc3cc(C)[nH]n3)c(-c3ccc(F)cc3)n2)cc1. The quantitative estimate of drug-likeness (QED) is 0.522. The summed E-state index contributed by atoms with van der Waals surface area (Å²) in [5, 5.41) is 12.1. The lowest BCUT2D eigenvalue weighted by Gasteiger charge is -2.15. The molecule has 2 aromatic heterocycles. The van der Waals surface area contributed by atoms with E-state index in [1.807, 2.05) is 17.7 Å². The van der Waals surface area contributed by atoms with Crippen molar-refractivity contribution in [3.8, 4) is 16.9 Å². The minimum Gasteiger partial charge on any atom is -0.296 e. The Kier molecular flexibility index (Phi) is 5.27. The van der Waals surface area contributed by atoms with Gasteiger partial charge in [-0.05, 0) is 63.4 Å². The van der Waals surface area contributed by atoms with Crippen molar-refractivity contribution in [1.82, 2.24) is 24.9 Å². The number of nitrogens with zero attached hydrogens (tertiary/aromatic N) is 4. The molecule has 6 heteroatoms. The molecule has 0 aliphatic rings.